The van der Waals surface area contributed by atoms with Gasteiger partial charge in [0.2, 0.25) is 0 Å². The van der Waals surface area contributed by atoms with Crippen molar-refractivity contribution in [3.05, 3.63) is 102 Å². The van der Waals surface area contributed by atoms with Crippen LogP contribution >= 0.6 is 11.8 Å². The molecule has 5 nitrogen and oxygen atoms in total. The molecule has 1 heterocycles. The van der Waals surface area contributed by atoms with E-state index in [9.17, 15) is 10.2 Å². The fourth-order valence-electron chi connectivity index (χ4n) is 3.67. The molecule has 1 aliphatic rings. The molecule has 2 N–H and O–H groups in total. The molecule has 0 spiro atoms. The van der Waals surface area contributed by atoms with Crippen LogP contribution in [0, 0.1) is 0 Å². The number of ether oxygens (including phenoxy) is 3. The molecular weight excluding hydrogens is 424 g/mol. The van der Waals surface area contributed by atoms with Gasteiger partial charge in [-0.3, -0.25) is 0 Å². The predicted octanol–water partition coefficient (Wildman–Crippen LogP) is 4.03. The zero-order valence-electron chi connectivity index (χ0n) is 17.7. The number of benzene rings is 3. The molecule has 32 heavy (non-hydrogen) atoms. The minimum Gasteiger partial charge on any atom is -0.394 e. The molecule has 5 atom stereocenters. The lowest BCUT2D eigenvalue weighted by molar-refractivity contribution is -0.237. The maximum Gasteiger partial charge on any atom is 0.137 e. The minimum atomic E-state index is -1.02. The Morgan fingerprint density at radius 1 is 0.719 bits per heavy atom. The van der Waals surface area contributed by atoms with Gasteiger partial charge in [0.1, 0.15) is 29.9 Å². The van der Waals surface area contributed by atoms with Gasteiger partial charge in [-0.2, -0.15) is 0 Å². The fraction of sp³-hybridized carbons (Fsp3) is 0.308. The van der Waals surface area contributed by atoms with Crippen molar-refractivity contribution >= 4 is 11.8 Å². The van der Waals surface area contributed by atoms with Crippen molar-refractivity contribution in [3.63, 3.8) is 0 Å². The van der Waals surface area contributed by atoms with Gasteiger partial charge in [-0.1, -0.05) is 90.6 Å². The van der Waals surface area contributed by atoms with Crippen molar-refractivity contribution in [2.45, 2.75) is 48.0 Å². The molecule has 0 bridgehead atoms. The SMILES string of the molecule is OC[C@@H]1O[C@@H](Sc2ccccc2)[C@H](OCc2ccccc2)[C@H](OCc2ccccc2)[C@H]1O. The van der Waals surface area contributed by atoms with E-state index in [0.29, 0.717) is 13.2 Å². The molecule has 1 aliphatic heterocycles. The van der Waals surface area contributed by atoms with Crippen LogP contribution in [0.25, 0.3) is 0 Å². The molecule has 0 amide bonds. The average molecular weight is 453 g/mol. The average Bonchev–Trinajstić information content (AvgIpc) is 2.85. The zero-order chi connectivity index (χ0) is 22.2. The number of hydrogen-bond donors (Lipinski definition) is 2. The summed E-state index contributed by atoms with van der Waals surface area (Å²) in [6.45, 7) is 0.390. The molecule has 0 aliphatic carbocycles. The highest BCUT2D eigenvalue weighted by molar-refractivity contribution is 7.99. The summed E-state index contributed by atoms with van der Waals surface area (Å²) < 4.78 is 18.6. The third-order valence-electron chi connectivity index (χ3n) is 5.36. The van der Waals surface area contributed by atoms with E-state index in [4.69, 9.17) is 14.2 Å². The monoisotopic (exact) mass is 452 g/mol. The lowest BCUT2D eigenvalue weighted by Crippen LogP contribution is -2.59. The van der Waals surface area contributed by atoms with Gasteiger partial charge in [-0.05, 0) is 23.3 Å². The molecule has 3 aromatic rings. The third-order valence-corrected chi connectivity index (χ3v) is 6.52. The van der Waals surface area contributed by atoms with Gasteiger partial charge < -0.3 is 24.4 Å². The summed E-state index contributed by atoms with van der Waals surface area (Å²) in [5.41, 5.74) is 1.57. The van der Waals surface area contributed by atoms with E-state index >= 15 is 0 Å². The Morgan fingerprint density at radius 2 is 1.22 bits per heavy atom. The number of rotatable bonds is 9. The fourth-order valence-corrected chi connectivity index (χ4v) is 4.82. The molecule has 168 valence electrons. The summed E-state index contributed by atoms with van der Waals surface area (Å²) >= 11 is 1.50. The second-order valence-corrected chi connectivity index (χ2v) is 8.84. The Labute approximate surface area is 193 Å². The first-order valence-corrected chi connectivity index (χ1v) is 11.6. The van der Waals surface area contributed by atoms with E-state index in [0.717, 1.165) is 16.0 Å². The van der Waals surface area contributed by atoms with E-state index in [1.807, 2.05) is 91.0 Å². The summed E-state index contributed by atoms with van der Waals surface area (Å²) in [5, 5.41) is 20.8. The van der Waals surface area contributed by atoms with E-state index in [-0.39, 0.29) is 6.61 Å². The van der Waals surface area contributed by atoms with Crippen LogP contribution in [0.15, 0.2) is 95.9 Å². The Kier molecular flexibility index (Phi) is 8.34. The topological polar surface area (TPSA) is 68.2 Å². The molecule has 6 heteroatoms. The van der Waals surface area contributed by atoms with Crippen LogP contribution in [-0.4, -0.2) is 46.7 Å². The Morgan fingerprint density at radius 3 is 1.75 bits per heavy atom. The van der Waals surface area contributed by atoms with Crippen molar-refractivity contribution in [1.29, 1.82) is 0 Å². The van der Waals surface area contributed by atoms with Crippen LogP contribution in [0.4, 0.5) is 0 Å². The molecule has 1 fully saturated rings. The van der Waals surface area contributed by atoms with Gasteiger partial charge >= 0.3 is 0 Å². The quantitative estimate of drug-likeness (QED) is 0.511. The van der Waals surface area contributed by atoms with Crippen molar-refractivity contribution in [3.8, 4) is 0 Å². The number of aliphatic hydroxyl groups is 2. The Balaban J connectivity index is 1.56. The highest BCUT2D eigenvalue weighted by Crippen LogP contribution is 2.36. The maximum absolute atomic E-state index is 11.0. The highest BCUT2D eigenvalue weighted by Gasteiger charge is 2.47. The second kappa shape index (κ2) is 11.6. The molecular formula is C26H28O5S. The zero-order valence-corrected chi connectivity index (χ0v) is 18.5. The van der Waals surface area contributed by atoms with Crippen LogP contribution in [0.2, 0.25) is 0 Å². The Hall–Kier alpha value is -2.19. The molecule has 3 aromatic carbocycles. The third kappa shape index (κ3) is 5.98. The minimum absolute atomic E-state index is 0.302. The smallest absolute Gasteiger partial charge is 0.137 e. The molecule has 0 unspecified atom stereocenters. The van der Waals surface area contributed by atoms with E-state index < -0.39 is 29.9 Å². The number of thioether (sulfide) groups is 1. The first-order valence-electron chi connectivity index (χ1n) is 10.7. The lowest BCUT2D eigenvalue weighted by Gasteiger charge is -2.43. The standard InChI is InChI=1S/C26H28O5S/c27-16-22-23(28)24(29-17-19-10-4-1-5-11-19)25(30-18-20-12-6-2-7-13-20)26(31-22)32-21-14-8-3-9-15-21/h1-15,22-28H,16-18H2/t22-,23-,24+,25+,26-/m0/s1. The second-order valence-electron chi connectivity index (χ2n) is 7.67. The molecule has 0 radical (unpaired) electrons. The normalized spacial score (nSPS) is 25.5. The van der Waals surface area contributed by atoms with Crippen molar-refractivity contribution in [2.75, 3.05) is 6.61 Å². The lowest BCUT2D eigenvalue weighted by atomic mass is 9.99. The van der Waals surface area contributed by atoms with Gasteiger partial charge in [0.05, 0.1) is 19.8 Å². The largest absolute Gasteiger partial charge is 0.394 e. The van der Waals surface area contributed by atoms with Crippen LogP contribution < -0.4 is 0 Å². The van der Waals surface area contributed by atoms with Gasteiger partial charge in [-0.25, -0.2) is 0 Å². The summed E-state index contributed by atoms with van der Waals surface area (Å²) in [4.78, 5) is 1.01. The van der Waals surface area contributed by atoms with Crippen LogP contribution in [0.1, 0.15) is 11.1 Å². The molecule has 1 saturated heterocycles. The van der Waals surface area contributed by atoms with Crippen molar-refractivity contribution in [2.24, 2.45) is 0 Å². The molecule has 0 aromatic heterocycles. The maximum atomic E-state index is 11.0. The van der Waals surface area contributed by atoms with Gasteiger partial charge in [-0.15, -0.1) is 0 Å². The van der Waals surface area contributed by atoms with Crippen LogP contribution in [-0.2, 0) is 27.4 Å². The first kappa shape index (κ1) is 23.0. The summed E-state index contributed by atoms with van der Waals surface area (Å²) in [6.07, 6.45) is -2.97. The van der Waals surface area contributed by atoms with Crippen molar-refractivity contribution in [1.82, 2.24) is 0 Å². The molecule has 0 saturated carbocycles. The van der Waals surface area contributed by atoms with E-state index in [1.165, 1.54) is 11.8 Å². The summed E-state index contributed by atoms with van der Waals surface area (Å²) in [7, 11) is 0. The predicted molar refractivity (Wildman–Crippen MR) is 124 cm³/mol. The van der Waals surface area contributed by atoms with Crippen LogP contribution in [0.5, 0.6) is 0 Å². The van der Waals surface area contributed by atoms with Gasteiger partial charge in [0.15, 0.2) is 0 Å². The van der Waals surface area contributed by atoms with Gasteiger partial charge in [0.25, 0.3) is 0 Å². The number of hydrogen-bond acceptors (Lipinski definition) is 6. The highest BCUT2D eigenvalue weighted by atomic mass is 32.2. The van der Waals surface area contributed by atoms with Gasteiger partial charge in [0, 0.05) is 4.90 Å². The molecule has 4 rings (SSSR count). The summed E-state index contributed by atoms with van der Waals surface area (Å²) in [5.74, 6) is 0. The van der Waals surface area contributed by atoms with E-state index in [2.05, 4.69) is 0 Å². The number of aliphatic hydroxyl groups excluding tert-OH is 2. The summed E-state index contributed by atoms with van der Waals surface area (Å²) in [6, 6.07) is 29.6. The van der Waals surface area contributed by atoms with Crippen LogP contribution in [0.3, 0.4) is 0 Å². The van der Waals surface area contributed by atoms with Crippen molar-refractivity contribution < 1.29 is 24.4 Å². The van der Waals surface area contributed by atoms with E-state index in [1.54, 1.807) is 0 Å². The Bertz CT molecular complexity index is 925. The first-order chi connectivity index (χ1) is 15.7.